The van der Waals surface area contributed by atoms with Gasteiger partial charge in [-0.3, -0.25) is 4.79 Å². The standard InChI is InChI=1S/C13H15FN2O4/c1-13(20-5-10(17)18)6-16(7-13)12(19)8-3-2-4-9(14)11(8)15/h2-4H,5-7,15H2,1H3,(H,17,18). The lowest BCUT2D eigenvalue weighted by Crippen LogP contribution is -2.63. The SMILES string of the molecule is CC1(OCC(=O)O)CN(C(=O)c2cccc(F)c2N)C1. The quantitative estimate of drug-likeness (QED) is 0.794. The van der Waals surface area contributed by atoms with Crippen LogP contribution in [0.2, 0.25) is 0 Å². The van der Waals surface area contributed by atoms with Gasteiger partial charge >= 0.3 is 5.97 Å². The van der Waals surface area contributed by atoms with Crippen molar-refractivity contribution in [1.29, 1.82) is 0 Å². The third-order valence-corrected chi connectivity index (χ3v) is 3.17. The summed E-state index contributed by atoms with van der Waals surface area (Å²) in [4.78, 5) is 24.0. The first-order valence-corrected chi connectivity index (χ1v) is 6.01. The molecule has 0 atom stereocenters. The Balaban J connectivity index is 2.00. The number of ether oxygens (including phenoxy) is 1. The van der Waals surface area contributed by atoms with E-state index in [4.69, 9.17) is 15.6 Å². The predicted molar refractivity (Wildman–Crippen MR) is 68.7 cm³/mol. The van der Waals surface area contributed by atoms with Crippen LogP contribution in [-0.4, -0.2) is 47.2 Å². The molecule has 1 fully saturated rings. The zero-order valence-electron chi connectivity index (χ0n) is 10.9. The number of para-hydroxylation sites is 1. The lowest BCUT2D eigenvalue weighted by atomic mass is 9.95. The van der Waals surface area contributed by atoms with E-state index in [9.17, 15) is 14.0 Å². The highest BCUT2D eigenvalue weighted by Crippen LogP contribution is 2.28. The first kappa shape index (κ1) is 14.3. The Labute approximate surface area is 114 Å². The zero-order chi connectivity index (χ0) is 14.9. The Morgan fingerprint density at radius 2 is 2.15 bits per heavy atom. The Kier molecular flexibility index (Phi) is 3.63. The van der Waals surface area contributed by atoms with E-state index >= 15 is 0 Å². The van der Waals surface area contributed by atoms with E-state index in [-0.39, 0.29) is 24.3 Å². The number of nitrogen functional groups attached to an aromatic ring is 1. The molecule has 3 N–H and O–H groups in total. The molecule has 1 aliphatic heterocycles. The van der Waals surface area contributed by atoms with Gasteiger partial charge in [-0.25, -0.2) is 9.18 Å². The molecule has 1 amide bonds. The van der Waals surface area contributed by atoms with Crippen LogP contribution < -0.4 is 5.73 Å². The molecule has 0 spiro atoms. The zero-order valence-corrected chi connectivity index (χ0v) is 10.9. The molecule has 20 heavy (non-hydrogen) atoms. The second-order valence-electron chi connectivity index (χ2n) is 4.99. The summed E-state index contributed by atoms with van der Waals surface area (Å²) in [7, 11) is 0. The van der Waals surface area contributed by atoms with Gasteiger partial charge in [-0.05, 0) is 19.1 Å². The molecule has 1 saturated heterocycles. The number of aliphatic carboxylic acids is 1. The lowest BCUT2D eigenvalue weighted by molar-refractivity contribution is -0.159. The van der Waals surface area contributed by atoms with Crippen molar-refractivity contribution >= 4 is 17.6 Å². The van der Waals surface area contributed by atoms with Crippen LogP contribution in [0.3, 0.4) is 0 Å². The highest BCUT2D eigenvalue weighted by molar-refractivity contribution is 5.99. The van der Waals surface area contributed by atoms with Crippen LogP contribution in [-0.2, 0) is 9.53 Å². The summed E-state index contributed by atoms with van der Waals surface area (Å²) >= 11 is 0. The van der Waals surface area contributed by atoms with Crippen molar-refractivity contribution in [2.75, 3.05) is 25.4 Å². The number of anilines is 1. The number of carbonyl (C=O) groups is 2. The molecule has 0 radical (unpaired) electrons. The number of likely N-dealkylation sites (tertiary alicyclic amines) is 1. The van der Waals surface area contributed by atoms with Crippen LogP contribution in [0.4, 0.5) is 10.1 Å². The largest absolute Gasteiger partial charge is 0.480 e. The molecule has 7 heteroatoms. The van der Waals surface area contributed by atoms with Crippen molar-refractivity contribution in [3.8, 4) is 0 Å². The Morgan fingerprint density at radius 1 is 1.50 bits per heavy atom. The van der Waals surface area contributed by atoms with Crippen molar-refractivity contribution in [3.05, 3.63) is 29.6 Å². The monoisotopic (exact) mass is 282 g/mol. The number of nitrogens with two attached hydrogens (primary N) is 1. The number of rotatable bonds is 4. The van der Waals surface area contributed by atoms with E-state index in [1.54, 1.807) is 6.92 Å². The second-order valence-corrected chi connectivity index (χ2v) is 4.99. The van der Waals surface area contributed by atoms with Crippen LogP contribution in [0.5, 0.6) is 0 Å². The molecule has 6 nitrogen and oxygen atoms in total. The summed E-state index contributed by atoms with van der Waals surface area (Å²) in [6.45, 7) is 1.79. The minimum absolute atomic E-state index is 0.102. The van der Waals surface area contributed by atoms with Gasteiger partial charge in [-0.2, -0.15) is 0 Å². The molecule has 0 saturated carbocycles. The van der Waals surface area contributed by atoms with Crippen molar-refractivity contribution < 1.29 is 23.8 Å². The van der Waals surface area contributed by atoms with Gasteiger partial charge in [0.15, 0.2) is 0 Å². The topological polar surface area (TPSA) is 92.9 Å². The number of nitrogens with zero attached hydrogens (tertiary/aromatic N) is 1. The summed E-state index contributed by atoms with van der Waals surface area (Å²) in [6.07, 6.45) is 0. The molecule has 0 bridgehead atoms. The fourth-order valence-corrected chi connectivity index (χ4v) is 2.13. The molecule has 0 unspecified atom stereocenters. The predicted octanol–water partition coefficient (Wildman–Crippen LogP) is 0.724. The van der Waals surface area contributed by atoms with E-state index in [1.165, 1.54) is 23.1 Å². The number of benzene rings is 1. The fourth-order valence-electron chi connectivity index (χ4n) is 2.13. The van der Waals surface area contributed by atoms with Crippen molar-refractivity contribution in [2.45, 2.75) is 12.5 Å². The van der Waals surface area contributed by atoms with Gasteiger partial charge in [-0.15, -0.1) is 0 Å². The maximum Gasteiger partial charge on any atom is 0.329 e. The number of amides is 1. The third-order valence-electron chi connectivity index (χ3n) is 3.17. The normalized spacial score (nSPS) is 16.6. The Hall–Kier alpha value is -2.15. The smallest absolute Gasteiger partial charge is 0.329 e. The van der Waals surface area contributed by atoms with Gasteiger partial charge in [0.2, 0.25) is 0 Å². The van der Waals surface area contributed by atoms with E-state index < -0.39 is 29.9 Å². The number of carboxylic acid groups (broad SMARTS) is 1. The van der Waals surface area contributed by atoms with Crippen molar-refractivity contribution in [1.82, 2.24) is 4.90 Å². The fraction of sp³-hybridized carbons (Fsp3) is 0.385. The van der Waals surface area contributed by atoms with Crippen LogP contribution in [0, 0.1) is 5.82 Å². The first-order valence-electron chi connectivity index (χ1n) is 6.01. The van der Waals surface area contributed by atoms with Gasteiger partial charge in [0.1, 0.15) is 18.0 Å². The van der Waals surface area contributed by atoms with Gasteiger partial charge in [0.05, 0.1) is 24.3 Å². The number of carboxylic acids is 1. The Morgan fingerprint density at radius 3 is 2.75 bits per heavy atom. The molecule has 1 aromatic carbocycles. The summed E-state index contributed by atoms with van der Waals surface area (Å²) in [5.74, 6) is -2.09. The van der Waals surface area contributed by atoms with Gasteiger partial charge in [0.25, 0.3) is 5.91 Å². The van der Waals surface area contributed by atoms with E-state index in [1.807, 2.05) is 0 Å². The summed E-state index contributed by atoms with van der Waals surface area (Å²) in [6, 6.07) is 4.05. The first-order chi connectivity index (χ1) is 9.32. The number of hydrogen-bond acceptors (Lipinski definition) is 4. The average molecular weight is 282 g/mol. The van der Waals surface area contributed by atoms with E-state index in [0.29, 0.717) is 0 Å². The molecule has 1 aromatic rings. The number of carbonyl (C=O) groups excluding carboxylic acids is 1. The van der Waals surface area contributed by atoms with Gasteiger partial charge in [-0.1, -0.05) is 6.07 Å². The molecule has 0 aliphatic carbocycles. The molecular weight excluding hydrogens is 267 g/mol. The maximum atomic E-state index is 13.3. The van der Waals surface area contributed by atoms with Gasteiger partial charge in [0, 0.05) is 0 Å². The molecular formula is C13H15FN2O4. The average Bonchev–Trinajstić information content (AvgIpc) is 2.35. The van der Waals surface area contributed by atoms with Crippen LogP contribution in [0.15, 0.2) is 18.2 Å². The highest BCUT2D eigenvalue weighted by atomic mass is 19.1. The van der Waals surface area contributed by atoms with Crippen LogP contribution in [0.25, 0.3) is 0 Å². The van der Waals surface area contributed by atoms with Crippen LogP contribution in [0.1, 0.15) is 17.3 Å². The highest BCUT2D eigenvalue weighted by Gasteiger charge is 2.43. The number of hydrogen-bond donors (Lipinski definition) is 2. The maximum absolute atomic E-state index is 13.3. The second kappa shape index (κ2) is 5.09. The van der Waals surface area contributed by atoms with Crippen LogP contribution >= 0.6 is 0 Å². The van der Waals surface area contributed by atoms with Crippen molar-refractivity contribution in [3.63, 3.8) is 0 Å². The van der Waals surface area contributed by atoms with Gasteiger partial charge < -0.3 is 20.5 Å². The molecule has 2 rings (SSSR count). The van der Waals surface area contributed by atoms with E-state index in [0.717, 1.165) is 0 Å². The molecule has 108 valence electrons. The number of halogens is 1. The lowest BCUT2D eigenvalue weighted by Gasteiger charge is -2.47. The summed E-state index contributed by atoms with van der Waals surface area (Å²) in [5.41, 5.74) is 4.77. The van der Waals surface area contributed by atoms with Crippen molar-refractivity contribution in [2.24, 2.45) is 0 Å². The summed E-state index contributed by atoms with van der Waals surface area (Å²) in [5, 5.41) is 8.55. The molecule has 1 heterocycles. The minimum atomic E-state index is -1.06. The molecule has 0 aromatic heterocycles. The summed E-state index contributed by atoms with van der Waals surface area (Å²) < 4.78 is 18.5. The molecule has 1 aliphatic rings. The third kappa shape index (κ3) is 2.72. The minimum Gasteiger partial charge on any atom is -0.480 e. The van der Waals surface area contributed by atoms with E-state index in [2.05, 4.69) is 0 Å². The Bertz CT molecular complexity index is 555.